The zero-order valence-electron chi connectivity index (χ0n) is 12.2. The molecule has 0 fully saturated rings. The molecule has 0 radical (unpaired) electrons. The molecule has 3 nitrogen and oxygen atoms in total. The third-order valence-corrected chi connectivity index (χ3v) is 3.15. The molecule has 0 amide bonds. The summed E-state index contributed by atoms with van der Waals surface area (Å²) < 4.78 is 19.0. The van der Waals surface area contributed by atoms with E-state index >= 15 is 0 Å². The molecule has 1 rings (SSSR count). The van der Waals surface area contributed by atoms with Gasteiger partial charge in [-0.1, -0.05) is 20.8 Å². The van der Waals surface area contributed by atoms with Crippen molar-refractivity contribution < 1.29 is 9.13 Å². The maximum Gasteiger partial charge on any atom is 0.124 e. The first kappa shape index (κ1) is 15.9. The Morgan fingerprint density at radius 1 is 1.21 bits per heavy atom. The van der Waals surface area contributed by atoms with Gasteiger partial charge in [0.15, 0.2) is 0 Å². The van der Waals surface area contributed by atoms with E-state index < -0.39 is 0 Å². The van der Waals surface area contributed by atoms with Crippen LogP contribution in [0, 0.1) is 5.82 Å². The summed E-state index contributed by atoms with van der Waals surface area (Å²) in [6.07, 6.45) is 0. The van der Waals surface area contributed by atoms with Crippen molar-refractivity contribution in [3.63, 3.8) is 0 Å². The fraction of sp³-hybridized carbons (Fsp3) is 0.600. The molecule has 0 aliphatic carbocycles. The van der Waals surface area contributed by atoms with Crippen LogP contribution in [0.3, 0.4) is 0 Å². The smallest absolute Gasteiger partial charge is 0.124 e. The second-order valence-electron chi connectivity index (χ2n) is 4.41. The van der Waals surface area contributed by atoms with Crippen LogP contribution in [0.2, 0.25) is 0 Å². The number of nitrogens with one attached hydrogen (secondary N) is 1. The largest absolute Gasteiger partial charge is 0.492 e. The fourth-order valence-electron chi connectivity index (χ4n) is 1.91. The highest BCUT2D eigenvalue weighted by Crippen LogP contribution is 2.19. The van der Waals surface area contributed by atoms with Gasteiger partial charge in [-0.2, -0.15) is 0 Å². The summed E-state index contributed by atoms with van der Waals surface area (Å²) >= 11 is 0. The zero-order valence-corrected chi connectivity index (χ0v) is 12.2. The molecule has 0 aliphatic heterocycles. The summed E-state index contributed by atoms with van der Waals surface area (Å²) in [6, 6.07) is 4.70. The van der Waals surface area contributed by atoms with Crippen molar-refractivity contribution in [1.82, 2.24) is 10.2 Å². The molecule has 0 atom stereocenters. The van der Waals surface area contributed by atoms with Gasteiger partial charge in [0.1, 0.15) is 18.2 Å². The molecule has 0 saturated carbocycles. The van der Waals surface area contributed by atoms with Gasteiger partial charge in [-0.3, -0.25) is 0 Å². The number of hydrogen-bond acceptors (Lipinski definition) is 3. The molecule has 4 heteroatoms. The number of likely N-dealkylation sites (N-methyl/N-ethyl adjacent to an activating group) is 1. The summed E-state index contributed by atoms with van der Waals surface area (Å²) in [4.78, 5) is 2.30. The van der Waals surface area contributed by atoms with Gasteiger partial charge in [-0.25, -0.2) is 4.39 Å². The van der Waals surface area contributed by atoms with E-state index in [0.29, 0.717) is 13.2 Å². The number of hydrogen-bond donors (Lipinski definition) is 1. The lowest BCUT2D eigenvalue weighted by molar-refractivity contribution is 0.221. The van der Waals surface area contributed by atoms with Crippen LogP contribution in [0.1, 0.15) is 26.3 Å². The molecule has 0 aromatic heterocycles. The Kier molecular flexibility index (Phi) is 7.45. The summed E-state index contributed by atoms with van der Waals surface area (Å²) in [5.74, 6) is 0.554. The lowest BCUT2D eigenvalue weighted by Crippen LogP contribution is -2.28. The van der Waals surface area contributed by atoms with Gasteiger partial charge in [-0.05, 0) is 37.8 Å². The molecule has 0 bridgehead atoms. The van der Waals surface area contributed by atoms with Crippen LogP contribution in [0.25, 0.3) is 0 Å². The molecule has 108 valence electrons. The van der Waals surface area contributed by atoms with E-state index in [2.05, 4.69) is 24.1 Å². The van der Waals surface area contributed by atoms with Crippen molar-refractivity contribution in [2.24, 2.45) is 0 Å². The van der Waals surface area contributed by atoms with Crippen molar-refractivity contribution in [3.8, 4) is 5.75 Å². The van der Waals surface area contributed by atoms with E-state index in [1.165, 1.54) is 12.1 Å². The molecule has 1 aromatic carbocycles. The van der Waals surface area contributed by atoms with Crippen LogP contribution in [0.5, 0.6) is 5.75 Å². The van der Waals surface area contributed by atoms with Gasteiger partial charge in [0.05, 0.1) is 0 Å². The Morgan fingerprint density at radius 2 is 1.95 bits per heavy atom. The summed E-state index contributed by atoms with van der Waals surface area (Å²) in [6.45, 7) is 11.4. The van der Waals surface area contributed by atoms with Crippen LogP contribution in [0.4, 0.5) is 4.39 Å². The van der Waals surface area contributed by atoms with Crippen molar-refractivity contribution in [1.29, 1.82) is 0 Å². The molecule has 19 heavy (non-hydrogen) atoms. The number of nitrogens with zero attached hydrogens (tertiary/aromatic N) is 1. The van der Waals surface area contributed by atoms with Crippen LogP contribution in [0.15, 0.2) is 18.2 Å². The number of benzene rings is 1. The minimum Gasteiger partial charge on any atom is -0.492 e. The van der Waals surface area contributed by atoms with E-state index in [0.717, 1.165) is 37.5 Å². The molecule has 0 unspecified atom stereocenters. The van der Waals surface area contributed by atoms with Crippen molar-refractivity contribution in [2.75, 3.05) is 32.8 Å². The van der Waals surface area contributed by atoms with Crippen LogP contribution < -0.4 is 10.1 Å². The monoisotopic (exact) mass is 268 g/mol. The summed E-state index contributed by atoms with van der Waals surface area (Å²) in [5, 5.41) is 3.20. The average Bonchev–Trinajstić information content (AvgIpc) is 2.43. The van der Waals surface area contributed by atoms with Crippen LogP contribution >= 0.6 is 0 Å². The van der Waals surface area contributed by atoms with Gasteiger partial charge in [0, 0.05) is 18.7 Å². The van der Waals surface area contributed by atoms with Gasteiger partial charge in [0.2, 0.25) is 0 Å². The van der Waals surface area contributed by atoms with Gasteiger partial charge >= 0.3 is 0 Å². The molecule has 1 N–H and O–H groups in total. The van der Waals surface area contributed by atoms with E-state index in [1.807, 2.05) is 6.92 Å². The third kappa shape index (κ3) is 5.57. The first-order valence-electron chi connectivity index (χ1n) is 7.05. The second-order valence-corrected chi connectivity index (χ2v) is 4.41. The number of ether oxygens (including phenoxy) is 1. The molecule has 0 spiro atoms. The Bertz CT molecular complexity index is 367. The first-order valence-corrected chi connectivity index (χ1v) is 7.05. The average molecular weight is 268 g/mol. The molecule has 1 aromatic rings. The van der Waals surface area contributed by atoms with Crippen LogP contribution in [-0.4, -0.2) is 37.7 Å². The third-order valence-electron chi connectivity index (χ3n) is 3.15. The maximum absolute atomic E-state index is 13.2. The Hall–Kier alpha value is -1.13. The van der Waals surface area contributed by atoms with Gasteiger partial charge in [0.25, 0.3) is 0 Å². The Morgan fingerprint density at radius 3 is 2.58 bits per heavy atom. The van der Waals surface area contributed by atoms with Crippen molar-refractivity contribution in [2.45, 2.75) is 27.3 Å². The van der Waals surface area contributed by atoms with E-state index in [9.17, 15) is 4.39 Å². The molecular formula is C15H25FN2O. The van der Waals surface area contributed by atoms with E-state index in [4.69, 9.17) is 4.74 Å². The predicted molar refractivity (Wildman–Crippen MR) is 77.1 cm³/mol. The highest BCUT2D eigenvalue weighted by Gasteiger charge is 2.06. The second kappa shape index (κ2) is 8.88. The number of halogens is 1. The molecule has 0 aliphatic rings. The van der Waals surface area contributed by atoms with E-state index in [1.54, 1.807) is 6.07 Å². The predicted octanol–water partition coefficient (Wildman–Crippen LogP) is 2.66. The zero-order chi connectivity index (χ0) is 14.1. The molecular weight excluding hydrogens is 243 g/mol. The molecule has 0 saturated heterocycles. The Labute approximate surface area is 115 Å². The summed E-state index contributed by atoms with van der Waals surface area (Å²) in [5.41, 5.74) is 0.876. The van der Waals surface area contributed by atoms with Crippen LogP contribution in [-0.2, 0) is 6.54 Å². The highest BCUT2D eigenvalue weighted by atomic mass is 19.1. The quantitative estimate of drug-likeness (QED) is 0.745. The van der Waals surface area contributed by atoms with Crippen molar-refractivity contribution in [3.05, 3.63) is 29.6 Å². The Balaban J connectivity index is 2.56. The summed E-state index contributed by atoms with van der Waals surface area (Å²) in [7, 11) is 0. The minimum atomic E-state index is -0.219. The van der Waals surface area contributed by atoms with E-state index in [-0.39, 0.29) is 5.82 Å². The highest BCUT2D eigenvalue weighted by molar-refractivity contribution is 5.33. The minimum absolute atomic E-state index is 0.219. The normalized spacial score (nSPS) is 11.0. The fourth-order valence-corrected chi connectivity index (χ4v) is 1.91. The standard InChI is InChI=1S/C15H25FN2O/c1-4-17-12-13-11-14(16)7-8-15(13)19-10-9-18(5-2)6-3/h7-8,11,17H,4-6,9-10,12H2,1-3H3. The van der Waals surface area contributed by atoms with Crippen molar-refractivity contribution >= 4 is 0 Å². The first-order chi connectivity index (χ1) is 9.21. The SMILES string of the molecule is CCNCc1cc(F)ccc1OCCN(CC)CC. The lowest BCUT2D eigenvalue weighted by atomic mass is 10.2. The topological polar surface area (TPSA) is 24.5 Å². The maximum atomic E-state index is 13.2. The van der Waals surface area contributed by atoms with Gasteiger partial charge < -0.3 is 15.0 Å². The molecule has 0 heterocycles. The lowest BCUT2D eigenvalue weighted by Gasteiger charge is -2.19. The number of rotatable bonds is 9. The van der Waals surface area contributed by atoms with Gasteiger partial charge in [-0.15, -0.1) is 0 Å².